The highest BCUT2D eigenvalue weighted by Crippen LogP contribution is 2.04. The molecule has 7 heteroatoms. The first-order chi connectivity index (χ1) is 8.49. The molecule has 1 aromatic rings. The molecule has 1 aromatic carbocycles. The van der Waals surface area contributed by atoms with Gasteiger partial charge in [-0.2, -0.15) is 15.8 Å². The van der Waals surface area contributed by atoms with Crippen LogP contribution in [0.25, 0.3) is 11.6 Å². The van der Waals surface area contributed by atoms with Gasteiger partial charge in [0.1, 0.15) is 17.7 Å². The van der Waals surface area contributed by atoms with Gasteiger partial charge in [-0.3, -0.25) is 0 Å². The number of halogens is 4. The third-order valence-corrected chi connectivity index (χ3v) is 1.98. The lowest BCUT2D eigenvalue weighted by atomic mass is 10.1. The molecular weight excluding hydrogens is 250 g/mol. The quantitative estimate of drug-likeness (QED) is 0.504. The van der Waals surface area contributed by atoms with Crippen LogP contribution < -0.4 is 10.4 Å². The molecule has 0 N–H and O–H groups in total. The number of nitriles is 3. The summed E-state index contributed by atoms with van der Waals surface area (Å²) in [6.45, 7) is 0. The Morgan fingerprint density at radius 2 is 1.28 bits per heavy atom. The largest absolute Gasteiger partial charge is 0.203 e. The minimum Gasteiger partial charge on any atom is -0.203 e. The number of rotatable bonds is 0. The maximum Gasteiger partial charge on any atom is 0.171 e. The summed E-state index contributed by atoms with van der Waals surface area (Å²) < 4.78 is 53.5. The van der Waals surface area contributed by atoms with Gasteiger partial charge in [0.25, 0.3) is 0 Å². The second-order valence-electron chi connectivity index (χ2n) is 2.92. The van der Waals surface area contributed by atoms with E-state index in [0.29, 0.717) is 0 Å². The molecule has 0 spiro atoms. The Balaban J connectivity index is 4.17. The zero-order valence-electron chi connectivity index (χ0n) is 8.43. The Labute approximate surface area is 97.7 Å². The molecule has 3 nitrogen and oxygen atoms in total. The average Bonchev–Trinajstić information content (AvgIpc) is 2.37. The van der Waals surface area contributed by atoms with Crippen LogP contribution in [0.5, 0.6) is 0 Å². The van der Waals surface area contributed by atoms with E-state index in [2.05, 4.69) is 0 Å². The van der Waals surface area contributed by atoms with E-state index in [-0.39, 0.29) is 6.08 Å². The van der Waals surface area contributed by atoms with Crippen LogP contribution in [0.1, 0.15) is 0 Å². The molecule has 0 aliphatic heterocycles. The second kappa shape index (κ2) is 4.99. The van der Waals surface area contributed by atoms with Gasteiger partial charge in [-0.25, -0.2) is 17.6 Å². The summed E-state index contributed by atoms with van der Waals surface area (Å²) >= 11 is 0. The Morgan fingerprint density at radius 1 is 0.833 bits per heavy atom. The predicted molar refractivity (Wildman–Crippen MR) is 50.2 cm³/mol. The molecule has 0 atom stereocenters. The standard InChI is InChI=1S/C11HF4N3/c12-8-6(1-2-16)9(13)11(15)7(10(8)14)5(3-17)4-18/h1H. The van der Waals surface area contributed by atoms with E-state index >= 15 is 0 Å². The van der Waals surface area contributed by atoms with Gasteiger partial charge in [0.05, 0.1) is 16.5 Å². The third-order valence-electron chi connectivity index (χ3n) is 1.98. The number of hydrogen-bond donors (Lipinski definition) is 0. The highest BCUT2D eigenvalue weighted by Gasteiger charge is 2.20. The van der Waals surface area contributed by atoms with Crippen molar-refractivity contribution in [2.75, 3.05) is 0 Å². The van der Waals surface area contributed by atoms with E-state index in [1.807, 2.05) is 0 Å². The Morgan fingerprint density at radius 3 is 1.61 bits per heavy atom. The van der Waals surface area contributed by atoms with E-state index in [0.717, 1.165) is 12.1 Å². The van der Waals surface area contributed by atoms with Crippen LogP contribution in [0, 0.1) is 57.3 Å². The number of nitrogens with zero attached hydrogens (tertiary/aromatic N) is 3. The fraction of sp³-hybridized carbons (Fsp3) is 0. The molecule has 0 fully saturated rings. The Kier molecular flexibility index (Phi) is 3.66. The van der Waals surface area contributed by atoms with E-state index < -0.39 is 39.3 Å². The van der Waals surface area contributed by atoms with Crippen molar-refractivity contribution >= 4 is 11.6 Å². The lowest BCUT2D eigenvalue weighted by molar-refractivity contribution is 0.435. The monoisotopic (exact) mass is 251 g/mol. The van der Waals surface area contributed by atoms with Gasteiger partial charge in [-0.15, -0.1) is 0 Å². The predicted octanol–water partition coefficient (Wildman–Crippen LogP) is 0.745. The summed E-state index contributed by atoms with van der Waals surface area (Å²) in [6.07, 6.45) is 0.277. The van der Waals surface area contributed by atoms with Crippen molar-refractivity contribution in [3.63, 3.8) is 0 Å². The summed E-state index contributed by atoms with van der Waals surface area (Å²) in [5.41, 5.74) is -1.11. The molecule has 0 aromatic heterocycles. The van der Waals surface area contributed by atoms with Crippen molar-refractivity contribution in [1.82, 2.24) is 0 Å². The van der Waals surface area contributed by atoms with Crippen LogP contribution in [0.4, 0.5) is 17.6 Å². The molecule has 0 saturated carbocycles. The van der Waals surface area contributed by atoms with Gasteiger partial charge >= 0.3 is 0 Å². The van der Waals surface area contributed by atoms with Gasteiger partial charge in [-0.1, -0.05) is 0 Å². The number of benzene rings is 1. The van der Waals surface area contributed by atoms with Crippen LogP contribution in [-0.2, 0) is 0 Å². The Bertz CT molecular complexity index is 709. The molecule has 0 heterocycles. The van der Waals surface area contributed by atoms with Crippen LogP contribution in [0.2, 0.25) is 0 Å². The van der Waals surface area contributed by atoms with Crippen LogP contribution in [0.15, 0.2) is 0 Å². The topological polar surface area (TPSA) is 71.4 Å². The molecule has 18 heavy (non-hydrogen) atoms. The highest BCUT2D eigenvalue weighted by atomic mass is 19.2. The van der Waals surface area contributed by atoms with Crippen LogP contribution in [-0.4, -0.2) is 0 Å². The maximum atomic E-state index is 13.4. The van der Waals surface area contributed by atoms with Gasteiger partial charge in [0, 0.05) is 6.08 Å². The van der Waals surface area contributed by atoms with Crippen molar-refractivity contribution in [2.24, 2.45) is 0 Å². The SMILES string of the molecule is N#CC=c1c(F)c(F)c(=C(C#N)C#N)c(F)c1F. The zero-order valence-corrected chi connectivity index (χ0v) is 8.43. The molecule has 88 valence electrons. The summed E-state index contributed by atoms with van der Waals surface area (Å²) in [7, 11) is 0. The maximum absolute atomic E-state index is 13.4. The van der Waals surface area contributed by atoms with Crippen molar-refractivity contribution in [2.45, 2.75) is 0 Å². The van der Waals surface area contributed by atoms with Crippen LogP contribution >= 0.6 is 0 Å². The minimum atomic E-state index is -1.89. The molecule has 0 saturated heterocycles. The summed E-state index contributed by atoms with van der Waals surface area (Å²) in [6, 6.07) is 3.47. The molecule has 0 amide bonds. The first-order valence-corrected chi connectivity index (χ1v) is 4.25. The number of hydrogen-bond acceptors (Lipinski definition) is 3. The normalized spacial score (nSPS) is 8.94. The average molecular weight is 251 g/mol. The van der Waals surface area contributed by atoms with E-state index in [1.165, 1.54) is 6.07 Å². The molecule has 0 unspecified atom stereocenters. The molecular formula is C11HF4N3. The summed E-state index contributed by atoms with van der Waals surface area (Å²) in [5, 5.41) is 22.5. The van der Waals surface area contributed by atoms with E-state index in [4.69, 9.17) is 15.8 Å². The molecule has 1 rings (SSSR count). The zero-order chi connectivity index (χ0) is 13.9. The van der Waals surface area contributed by atoms with Crippen molar-refractivity contribution in [3.05, 3.63) is 33.7 Å². The van der Waals surface area contributed by atoms with Crippen molar-refractivity contribution in [3.8, 4) is 18.2 Å². The molecule has 0 aliphatic carbocycles. The Hall–Kier alpha value is -2.85. The van der Waals surface area contributed by atoms with Gasteiger partial charge in [-0.05, 0) is 0 Å². The lowest BCUT2D eigenvalue weighted by Crippen LogP contribution is -2.29. The highest BCUT2D eigenvalue weighted by molar-refractivity contribution is 5.72. The van der Waals surface area contributed by atoms with Crippen LogP contribution in [0.3, 0.4) is 0 Å². The fourth-order valence-corrected chi connectivity index (χ4v) is 1.20. The molecule has 0 bridgehead atoms. The second-order valence-corrected chi connectivity index (χ2v) is 2.92. The molecule has 0 radical (unpaired) electrons. The fourth-order valence-electron chi connectivity index (χ4n) is 1.20. The first kappa shape index (κ1) is 13.2. The lowest BCUT2D eigenvalue weighted by Gasteiger charge is -2.00. The third kappa shape index (κ3) is 1.88. The summed E-state index contributed by atoms with van der Waals surface area (Å²) in [5.74, 6) is -7.47. The van der Waals surface area contributed by atoms with Gasteiger partial charge < -0.3 is 0 Å². The molecule has 0 aliphatic rings. The first-order valence-electron chi connectivity index (χ1n) is 4.25. The van der Waals surface area contributed by atoms with Gasteiger partial charge in [0.2, 0.25) is 0 Å². The van der Waals surface area contributed by atoms with Gasteiger partial charge in [0.15, 0.2) is 23.3 Å². The summed E-state index contributed by atoms with van der Waals surface area (Å²) in [4.78, 5) is 0. The van der Waals surface area contributed by atoms with E-state index in [1.54, 1.807) is 0 Å². The van der Waals surface area contributed by atoms with E-state index in [9.17, 15) is 17.6 Å². The van der Waals surface area contributed by atoms with Crippen molar-refractivity contribution in [1.29, 1.82) is 15.8 Å². The smallest absolute Gasteiger partial charge is 0.171 e. The van der Waals surface area contributed by atoms with Crippen molar-refractivity contribution < 1.29 is 17.6 Å². The minimum absolute atomic E-state index is 0.277.